The number of benzene rings is 2. The molecule has 0 aliphatic heterocycles. The summed E-state index contributed by atoms with van der Waals surface area (Å²) in [6.45, 7) is 0.401. The monoisotopic (exact) mass is 307 g/mol. The summed E-state index contributed by atoms with van der Waals surface area (Å²) in [7, 11) is 0. The van der Waals surface area contributed by atoms with E-state index >= 15 is 0 Å². The zero-order valence-corrected chi connectivity index (χ0v) is 12.5. The summed E-state index contributed by atoms with van der Waals surface area (Å²) >= 11 is 0. The molecule has 0 atom stereocenters. The van der Waals surface area contributed by atoms with Crippen molar-refractivity contribution in [3.8, 4) is 11.8 Å². The Morgan fingerprint density at radius 3 is 2.70 bits per heavy atom. The Morgan fingerprint density at radius 2 is 1.96 bits per heavy atom. The van der Waals surface area contributed by atoms with Crippen LogP contribution in [0.2, 0.25) is 0 Å². The number of nitrogens with two attached hydrogens (primary N) is 1. The fraction of sp³-hybridized carbons (Fsp3) is 0.111. The molecular formula is C18H17N3O2. The molecule has 116 valence electrons. The van der Waals surface area contributed by atoms with Gasteiger partial charge >= 0.3 is 6.09 Å². The van der Waals surface area contributed by atoms with Crippen molar-refractivity contribution in [3.63, 3.8) is 0 Å². The van der Waals surface area contributed by atoms with Gasteiger partial charge in [-0.15, -0.1) is 0 Å². The van der Waals surface area contributed by atoms with E-state index in [-0.39, 0.29) is 19.0 Å². The van der Waals surface area contributed by atoms with Crippen LogP contribution in [0, 0.1) is 17.3 Å². The summed E-state index contributed by atoms with van der Waals surface area (Å²) in [4.78, 5) is 11.5. The van der Waals surface area contributed by atoms with Gasteiger partial charge in [0.15, 0.2) is 0 Å². The number of amidine groups is 1. The Balaban J connectivity index is 1.78. The second kappa shape index (κ2) is 8.25. The maximum atomic E-state index is 11.5. The molecule has 23 heavy (non-hydrogen) atoms. The van der Waals surface area contributed by atoms with E-state index in [0.717, 1.165) is 11.1 Å². The Hall–Kier alpha value is -3.26. The second-order valence-electron chi connectivity index (χ2n) is 4.71. The molecule has 2 aromatic carbocycles. The quantitative estimate of drug-likeness (QED) is 0.460. The standard InChI is InChI=1S/C18H17N3O2/c19-17(20)16-10-4-8-14(12-16)9-5-11-21-18(22)23-13-15-6-2-1-3-7-15/h1-4,6-8,10,12H,11,13H2,(H3,19,20)(H,21,22). The molecule has 0 aliphatic carbocycles. The van der Waals surface area contributed by atoms with Crippen LogP contribution in [0.3, 0.4) is 0 Å². The van der Waals surface area contributed by atoms with Crippen LogP contribution >= 0.6 is 0 Å². The highest BCUT2D eigenvalue weighted by molar-refractivity contribution is 5.95. The van der Waals surface area contributed by atoms with Gasteiger partial charge in [0.05, 0.1) is 6.54 Å². The number of carbonyl (C=O) groups is 1. The molecule has 5 nitrogen and oxygen atoms in total. The van der Waals surface area contributed by atoms with Crippen LogP contribution in [-0.2, 0) is 11.3 Å². The van der Waals surface area contributed by atoms with Gasteiger partial charge in [0.25, 0.3) is 0 Å². The molecule has 0 aliphatic rings. The van der Waals surface area contributed by atoms with Crippen LogP contribution in [0.25, 0.3) is 0 Å². The largest absolute Gasteiger partial charge is 0.445 e. The van der Waals surface area contributed by atoms with Gasteiger partial charge in [-0.05, 0) is 17.7 Å². The van der Waals surface area contributed by atoms with Crippen LogP contribution in [-0.4, -0.2) is 18.5 Å². The third-order valence-corrected chi connectivity index (χ3v) is 2.94. The topological polar surface area (TPSA) is 88.2 Å². The third kappa shape index (κ3) is 5.56. The average Bonchev–Trinajstić information content (AvgIpc) is 2.58. The Labute approximate surface area is 135 Å². The van der Waals surface area contributed by atoms with Crippen molar-refractivity contribution < 1.29 is 9.53 Å². The molecule has 1 amide bonds. The summed E-state index contributed by atoms with van der Waals surface area (Å²) in [5, 5.41) is 9.93. The van der Waals surface area contributed by atoms with Crippen molar-refractivity contribution in [1.82, 2.24) is 5.32 Å². The molecule has 4 N–H and O–H groups in total. The minimum absolute atomic E-state index is 0.00346. The first kappa shape index (κ1) is 16.1. The van der Waals surface area contributed by atoms with Crippen molar-refractivity contribution in [3.05, 3.63) is 71.3 Å². The molecular weight excluding hydrogens is 290 g/mol. The summed E-state index contributed by atoms with van der Waals surface area (Å²) in [6, 6.07) is 16.5. The smallest absolute Gasteiger partial charge is 0.408 e. The SMILES string of the molecule is N=C(N)c1cccc(C#CCNC(=O)OCc2ccccc2)c1. The predicted molar refractivity (Wildman–Crippen MR) is 89.0 cm³/mol. The molecule has 0 bridgehead atoms. The zero-order chi connectivity index (χ0) is 16.5. The van der Waals surface area contributed by atoms with E-state index in [0.29, 0.717) is 5.56 Å². The first-order valence-corrected chi connectivity index (χ1v) is 7.03. The van der Waals surface area contributed by atoms with Crippen molar-refractivity contribution in [2.24, 2.45) is 5.73 Å². The van der Waals surface area contributed by atoms with E-state index in [1.165, 1.54) is 0 Å². The number of rotatable bonds is 4. The van der Waals surface area contributed by atoms with Crippen molar-refractivity contribution in [1.29, 1.82) is 5.41 Å². The van der Waals surface area contributed by atoms with E-state index in [2.05, 4.69) is 17.2 Å². The first-order valence-electron chi connectivity index (χ1n) is 7.03. The molecule has 0 spiro atoms. The predicted octanol–water partition coefficient (Wildman–Crippen LogP) is 2.25. The first-order chi connectivity index (χ1) is 11.1. The summed E-state index contributed by atoms with van der Waals surface area (Å²) in [5.41, 5.74) is 7.70. The van der Waals surface area contributed by atoms with E-state index in [1.807, 2.05) is 36.4 Å². The third-order valence-electron chi connectivity index (χ3n) is 2.94. The number of carbonyl (C=O) groups excluding carboxylic acids is 1. The molecule has 2 rings (SSSR count). The number of nitrogens with one attached hydrogen (secondary N) is 2. The Bertz CT molecular complexity index is 746. The van der Waals surface area contributed by atoms with Crippen LogP contribution in [0.15, 0.2) is 54.6 Å². The lowest BCUT2D eigenvalue weighted by atomic mass is 10.1. The van der Waals surface area contributed by atoms with Crippen LogP contribution in [0.1, 0.15) is 16.7 Å². The van der Waals surface area contributed by atoms with E-state index in [1.54, 1.807) is 18.2 Å². The maximum Gasteiger partial charge on any atom is 0.408 e. The van der Waals surface area contributed by atoms with Gasteiger partial charge < -0.3 is 15.8 Å². The number of nitrogen functional groups attached to an aromatic ring is 1. The van der Waals surface area contributed by atoms with Crippen LogP contribution in [0.4, 0.5) is 4.79 Å². The lowest BCUT2D eigenvalue weighted by molar-refractivity contribution is 0.141. The van der Waals surface area contributed by atoms with Crippen LogP contribution in [0.5, 0.6) is 0 Å². The molecule has 0 saturated heterocycles. The van der Waals surface area contributed by atoms with Gasteiger partial charge in [0, 0.05) is 11.1 Å². The number of ether oxygens (including phenoxy) is 1. The number of amides is 1. The molecule has 0 aromatic heterocycles. The minimum Gasteiger partial charge on any atom is -0.445 e. The van der Waals surface area contributed by atoms with E-state index in [4.69, 9.17) is 15.9 Å². The van der Waals surface area contributed by atoms with Gasteiger partial charge in [-0.3, -0.25) is 5.41 Å². The van der Waals surface area contributed by atoms with E-state index < -0.39 is 6.09 Å². The highest BCUT2D eigenvalue weighted by atomic mass is 16.5. The highest BCUT2D eigenvalue weighted by Crippen LogP contribution is 2.03. The molecule has 0 unspecified atom stereocenters. The molecule has 5 heteroatoms. The van der Waals surface area contributed by atoms with Crippen molar-refractivity contribution in [2.45, 2.75) is 6.61 Å². The van der Waals surface area contributed by atoms with Gasteiger partial charge in [0.2, 0.25) is 0 Å². The summed E-state index contributed by atoms with van der Waals surface area (Å²) in [6.07, 6.45) is -0.513. The average molecular weight is 307 g/mol. The summed E-state index contributed by atoms with van der Waals surface area (Å²) < 4.78 is 5.07. The lowest BCUT2D eigenvalue weighted by Gasteiger charge is -2.04. The highest BCUT2D eigenvalue weighted by Gasteiger charge is 2.00. The molecule has 0 fully saturated rings. The fourth-order valence-corrected chi connectivity index (χ4v) is 1.80. The van der Waals surface area contributed by atoms with E-state index in [9.17, 15) is 4.79 Å². The maximum absolute atomic E-state index is 11.5. The van der Waals surface area contributed by atoms with Gasteiger partial charge in [-0.25, -0.2) is 4.79 Å². The lowest BCUT2D eigenvalue weighted by Crippen LogP contribution is -2.24. The molecule has 0 heterocycles. The number of hydrogen-bond acceptors (Lipinski definition) is 3. The Morgan fingerprint density at radius 1 is 1.17 bits per heavy atom. The van der Waals surface area contributed by atoms with Crippen molar-refractivity contribution >= 4 is 11.9 Å². The number of hydrogen-bond donors (Lipinski definition) is 3. The molecule has 2 aromatic rings. The second-order valence-corrected chi connectivity index (χ2v) is 4.71. The minimum atomic E-state index is -0.513. The Kier molecular flexibility index (Phi) is 5.78. The molecule has 0 radical (unpaired) electrons. The fourth-order valence-electron chi connectivity index (χ4n) is 1.80. The zero-order valence-electron chi connectivity index (χ0n) is 12.5. The normalized spacial score (nSPS) is 9.39. The summed E-state index contributed by atoms with van der Waals surface area (Å²) in [5.74, 6) is 5.72. The van der Waals surface area contributed by atoms with Crippen molar-refractivity contribution in [2.75, 3.05) is 6.54 Å². The van der Waals surface area contributed by atoms with Crippen LogP contribution < -0.4 is 11.1 Å². The van der Waals surface area contributed by atoms with Gasteiger partial charge in [-0.1, -0.05) is 54.3 Å². The van der Waals surface area contributed by atoms with Gasteiger partial charge in [0.1, 0.15) is 12.4 Å². The number of alkyl carbamates (subject to hydrolysis) is 1. The molecule has 0 saturated carbocycles. The van der Waals surface area contributed by atoms with Gasteiger partial charge in [-0.2, -0.15) is 0 Å².